The molecule has 4 heavy (non-hydrogen) atoms. The number of hydrogen-bond acceptors (Lipinski definition) is 2. The fourth-order valence-electron chi connectivity index (χ4n) is 0. The molecule has 0 bridgehead atoms. The van der Waals surface area contributed by atoms with Crippen LogP contribution in [0.1, 0.15) is 0 Å². The SMILES string of the molecule is OC[PH3+].[OH-]. The Morgan fingerprint density at radius 2 is 1.75 bits per heavy atom. The van der Waals surface area contributed by atoms with Crippen molar-refractivity contribution in [2.75, 3.05) is 6.35 Å². The smallest absolute Gasteiger partial charge is 0.147 e. The third-order valence-corrected chi connectivity index (χ3v) is 0. The highest BCUT2D eigenvalue weighted by Crippen LogP contribution is 1.63. The molecule has 0 radical (unpaired) electrons. The molecule has 2 nitrogen and oxygen atoms in total. The molecule has 1 unspecified atom stereocenters. The van der Waals surface area contributed by atoms with Gasteiger partial charge in [0.25, 0.3) is 0 Å². The number of rotatable bonds is 0. The van der Waals surface area contributed by atoms with E-state index in [-0.39, 0.29) is 11.8 Å². The highest BCUT2D eigenvalue weighted by Gasteiger charge is 1.42. The number of aliphatic hydroxyl groups is 1. The van der Waals surface area contributed by atoms with Crippen molar-refractivity contribution >= 4 is 9.24 Å². The minimum Gasteiger partial charge on any atom is -0.870 e. The van der Waals surface area contributed by atoms with Crippen molar-refractivity contribution in [3.8, 4) is 0 Å². The molecule has 0 spiro atoms. The first-order valence-corrected chi connectivity index (χ1v) is 1.82. The van der Waals surface area contributed by atoms with Crippen LogP contribution in [0.4, 0.5) is 0 Å². The van der Waals surface area contributed by atoms with Gasteiger partial charge in [-0.1, -0.05) is 0 Å². The fourth-order valence-corrected chi connectivity index (χ4v) is 0. The summed E-state index contributed by atoms with van der Waals surface area (Å²) in [5, 5.41) is 7.58. The van der Waals surface area contributed by atoms with Crippen LogP contribution in [-0.2, 0) is 0 Å². The molecule has 0 amide bonds. The van der Waals surface area contributed by atoms with Crippen LogP contribution in [0.5, 0.6) is 0 Å². The van der Waals surface area contributed by atoms with Gasteiger partial charge in [-0.05, 0) is 0 Å². The summed E-state index contributed by atoms with van der Waals surface area (Å²) in [5.41, 5.74) is 0. The molecule has 0 aliphatic rings. The summed E-state index contributed by atoms with van der Waals surface area (Å²) < 4.78 is 0. The highest BCUT2D eigenvalue weighted by atomic mass is 31.0. The Morgan fingerprint density at radius 3 is 1.75 bits per heavy atom. The minimum atomic E-state index is 0. The Bertz CT molecular complexity index is 6.00. The lowest BCUT2D eigenvalue weighted by Crippen LogP contribution is -1.47. The molecular formula is CH7O2P. The fraction of sp³-hybridized carbons (Fsp3) is 1.00. The van der Waals surface area contributed by atoms with Gasteiger partial charge in [-0.3, -0.25) is 0 Å². The zero-order chi connectivity index (χ0) is 2.71. The maximum absolute atomic E-state index is 7.58. The third-order valence-electron chi connectivity index (χ3n) is 0. The molecule has 0 aromatic rings. The Morgan fingerprint density at radius 1 is 1.75 bits per heavy atom. The van der Waals surface area contributed by atoms with Crippen molar-refractivity contribution in [1.82, 2.24) is 0 Å². The zero-order valence-corrected chi connectivity index (χ0v) is 3.72. The van der Waals surface area contributed by atoms with Crippen LogP contribution < -0.4 is 0 Å². The van der Waals surface area contributed by atoms with Gasteiger partial charge >= 0.3 is 0 Å². The molecule has 0 fully saturated rings. The predicted octanol–water partition coefficient (Wildman–Crippen LogP) is -0.633. The van der Waals surface area contributed by atoms with Crippen molar-refractivity contribution in [3.63, 3.8) is 0 Å². The molecule has 0 aromatic heterocycles. The molecule has 0 heterocycles. The summed E-state index contributed by atoms with van der Waals surface area (Å²) in [5.74, 6) is 0. The van der Waals surface area contributed by atoms with Crippen LogP contribution in [0.2, 0.25) is 0 Å². The third kappa shape index (κ3) is 35.0. The van der Waals surface area contributed by atoms with Crippen LogP contribution in [0.3, 0.4) is 0 Å². The molecule has 0 aromatic carbocycles. The highest BCUT2D eigenvalue weighted by molar-refractivity contribution is 7.16. The Hall–Kier alpha value is 0.350. The van der Waals surface area contributed by atoms with E-state index in [0.717, 1.165) is 0 Å². The van der Waals surface area contributed by atoms with E-state index in [2.05, 4.69) is 0 Å². The summed E-state index contributed by atoms with van der Waals surface area (Å²) in [6.45, 7) is 0. The van der Waals surface area contributed by atoms with Gasteiger partial charge in [0.2, 0.25) is 0 Å². The van der Waals surface area contributed by atoms with E-state index in [1.54, 1.807) is 0 Å². The van der Waals surface area contributed by atoms with Crippen LogP contribution >= 0.6 is 9.24 Å². The van der Waals surface area contributed by atoms with Gasteiger partial charge in [0.05, 0.1) is 0 Å². The van der Waals surface area contributed by atoms with Gasteiger partial charge in [-0.25, -0.2) is 0 Å². The average Bonchev–Trinajstić information content (AvgIpc) is 0.918. The van der Waals surface area contributed by atoms with Crippen molar-refractivity contribution in [3.05, 3.63) is 0 Å². The van der Waals surface area contributed by atoms with Gasteiger partial charge < -0.3 is 10.6 Å². The topological polar surface area (TPSA) is 50.2 Å². The second-order valence-electron chi connectivity index (χ2n) is 0.224. The zero-order valence-electron chi connectivity index (χ0n) is 2.31. The first kappa shape index (κ1) is 8.84. The number of aliphatic hydroxyl groups excluding tert-OH is 1. The molecule has 28 valence electrons. The normalized spacial score (nSPS) is 5.25. The van der Waals surface area contributed by atoms with E-state index in [9.17, 15) is 0 Å². The Labute approximate surface area is 27.3 Å². The molecule has 1 atom stereocenters. The van der Waals surface area contributed by atoms with E-state index in [0.29, 0.717) is 0 Å². The van der Waals surface area contributed by atoms with Gasteiger partial charge in [0, 0.05) is 9.24 Å². The maximum atomic E-state index is 7.58. The monoisotopic (exact) mass is 82.0 g/mol. The van der Waals surface area contributed by atoms with E-state index < -0.39 is 0 Å². The molecule has 0 saturated carbocycles. The lowest BCUT2D eigenvalue weighted by atomic mass is 11.7. The van der Waals surface area contributed by atoms with Crippen molar-refractivity contribution in [2.24, 2.45) is 0 Å². The summed E-state index contributed by atoms with van der Waals surface area (Å²) >= 11 is 0. The quantitative estimate of drug-likeness (QED) is 0.395. The predicted molar refractivity (Wildman–Crippen MR) is 20.1 cm³/mol. The molecule has 0 aliphatic carbocycles. The van der Waals surface area contributed by atoms with E-state index >= 15 is 0 Å². The van der Waals surface area contributed by atoms with Gasteiger partial charge in [0.1, 0.15) is 6.35 Å². The summed E-state index contributed by atoms with van der Waals surface area (Å²) in [4.78, 5) is 0. The largest absolute Gasteiger partial charge is 0.870 e. The van der Waals surface area contributed by atoms with Crippen LogP contribution in [0.25, 0.3) is 0 Å². The summed E-state index contributed by atoms with van der Waals surface area (Å²) in [7, 11) is 1.53. The first-order chi connectivity index (χ1) is 1.41. The first-order valence-electron chi connectivity index (χ1n) is 0.816. The van der Waals surface area contributed by atoms with Gasteiger partial charge in [-0.2, -0.15) is 0 Å². The molecule has 0 aliphatic heterocycles. The van der Waals surface area contributed by atoms with Crippen LogP contribution in [0, 0.1) is 0 Å². The van der Waals surface area contributed by atoms with Gasteiger partial charge in [0.15, 0.2) is 0 Å². The van der Waals surface area contributed by atoms with Crippen molar-refractivity contribution < 1.29 is 10.6 Å². The second-order valence-corrected chi connectivity index (χ2v) is 0.671. The molecule has 0 saturated heterocycles. The number of hydrogen-bond donors (Lipinski definition) is 1. The van der Waals surface area contributed by atoms with Crippen LogP contribution in [-0.4, -0.2) is 16.9 Å². The van der Waals surface area contributed by atoms with Crippen molar-refractivity contribution in [2.45, 2.75) is 0 Å². The maximum Gasteiger partial charge on any atom is 0.147 e. The molecule has 3 heteroatoms. The lowest BCUT2D eigenvalue weighted by molar-refractivity contribution is 0.375. The van der Waals surface area contributed by atoms with E-state index in [1.807, 2.05) is 0 Å². The Balaban J connectivity index is 0. The van der Waals surface area contributed by atoms with E-state index in [4.69, 9.17) is 5.11 Å². The Kier molecular flexibility index (Phi) is 22.4. The molecule has 2 N–H and O–H groups in total. The van der Waals surface area contributed by atoms with E-state index in [1.165, 1.54) is 9.24 Å². The average molecular weight is 82.0 g/mol. The summed E-state index contributed by atoms with van der Waals surface area (Å²) in [6, 6.07) is 0. The standard InChI is InChI=1S/CH5OP.H2O/c2-1-3;/h2H,1,3H2;1H2. The van der Waals surface area contributed by atoms with Crippen molar-refractivity contribution in [1.29, 1.82) is 0 Å². The lowest BCUT2D eigenvalue weighted by Gasteiger charge is -1.45. The summed E-state index contributed by atoms with van der Waals surface area (Å²) in [6.07, 6.45) is 0.278. The minimum absolute atomic E-state index is 0. The van der Waals surface area contributed by atoms with Crippen LogP contribution in [0.15, 0.2) is 0 Å². The second kappa shape index (κ2) is 10.2. The van der Waals surface area contributed by atoms with Gasteiger partial charge in [-0.15, -0.1) is 0 Å². The molecular weight excluding hydrogens is 75.0 g/mol. The molecule has 0 rings (SSSR count).